The smallest absolute Gasteiger partial charge is 0.0206 e. The van der Waals surface area contributed by atoms with Crippen LogP contribution in [0.2, 0.25) is 0 Å². The zero-order valence-corrected chi connectivity index (χ0v) is 11.3. The summed E-state index contributed by atoms with van der Waals surface area (Å²) in [5.41, 5.74) is 4.87. The van der Waals surface area contributed by atoms with Crippen LogP contribution in [0.25, 0.3) is 11.1 Å². The first kappa shape index (κ1) is 13.3. The van der Waals surface area contributed by atoms with E-state index in [1.54, 1.807) is 0 Å². The van der Waals surface area contributed by atoms with Crippen LogP contribution in [0.5, 0.6) is 0 Å². The summed E-state index contributed by atoms with van der Waals surface area (Å²) >= 11 is 0. The molecule has 0 bridgehead atoms. The molecule has 0 heterocycles. The molecule has 0 radical (unpaired) electrons. The molecule has 0 spiro atoms. The fraction of sp³-hybridized carbons (Fsp3) is 0.167. The molecule has 0 amide bonds. The molecule has 2 aromatic rings. The van der Waals surface area contributed by atoms with Gasteiger partial charge in [0.25, 0.3) is 0 Å². The molecular weight excluding hydrogens is 230 g/mol. The average molecular weight is 249 g/mol. The second-order valence-corrected chi connectivity index (χ2v) is 4.55. The van der Waals surface area contributed by atoms with Crippen molar-refractivity contribution >= 4 is 6.21 Å². The van der Waals surface area contributed by atoms with Gasteiger partial charge in [0.15, 0.2) is 0 Å². The van der Waals surface area contributed by atoms with E-state index in [1.807, 2.05) is 6.07 Å². The SMILES string of the molecule is CC/C(C=N)=C/Cc1cccc(-c2ccccc2)c1. The van der Waals surface area contributed by atoms with Crippen molar-refractivity contribution in [3.8, 4) is 11.1 Å². The van der Waals surface area contributed by atoms with Crippen LogP contribution < -0.4 is 0 Å². The maximum Gasteiger partial charge on any atom is 0.0206 e. The van der Waals surface area contributed by atoms with Crippen LogP contribution in [0.15, 0.2) is 66.2 Å². The molecule has 0 saturated carbocycles. The van der Waals surface area contributed by atoms with Crippen LogP contribution in [-0.2, 0) is 6.42 Å². The Morgan fingerprint density at radius 2 is 1.74 bits per heavy atom. The number of rotatable bonds is 5. The largest absolute Gasteiger partial charge is 0.308 e. The van der Waals surface area contributed by atoms with E-state index >= 15 is 0 Å². The topological polar surface area (TPSA) is 23.9 Å². The first-order valence-electron chi connectivity index (χ1n) is 6.67. The summed E-state index contributed by atoms with van der Waals surface area (Å²) in [5, 5.41) is 7.31. The van der Waals surface area contributed by atoms with Gasteiger partial charge in [-0.05, 0) is 35.1 Å². The monoisotopic (exact) mass is 249 g/mol. The molecule has 0 aliphatic heterocycles. The van der Waals surface area contributed by atoms with Gasteiger partial charge in [-0.15, -0.1) is 0 Å². The van der Waals surface area contributed by atoms with Crippen LogP contribution in [0.3, 0.4) is 0 Å². The third-order valence-corrected chi connectivity index (χ3v) is 3.23. The lowest BCUT2D eigenvalue weighted by atomic mass is 10.0. The molecular formula is C18H19N. The molecule has 0 aliphatic rings. The third kappa shape index (κ3) is 3.65. The summed E-state index contributed by atoms with van der Waals surface area (Å²) in [6, 6.07) is 19.0. The van der Waals surface area contributed by atoms with Crippen molar-refractivity contribution in [2.24, 2.45) is 0 Å². The van der Waals surface area contributed by atoms with Gasteiger partial charge in [0, 0.05) is 6.21 Å². The summed E-state index contributed by atoms with van der Waals surface area (Å²) < 4.78 is 0. The van der Waals surface area contributed by atoms with Crippen molar-refractivity contribution in [2.45, 2.75) is 19.8 Å². The first-order valence-corrected chi connectivity index (χ1v) is 6.67. The lowest BCUT2D eigenvalue weighted by molar-refractivity contribution is 1.14. The summed E-state index contributed by atoms with van der Waals surface area (Å²) in [5.74, 6) is 0. The molecule has 2 rings (SSSR count). The van der Waals surface area contributed by atoms with E-state index in [1.165, 1.54) is 22.9 Å². The summed E-state index contributed by atoms with van der Waals surface area (Å²) in [6.07, 6.45) is 5.39. The molecule has 0 atom stereocenters. The highest BCUT2D eigenvalue weighted by atomic mass is 14.3. The Morgan fingerprint density at radius 3 is 2.42 bits per heavy atom. The molecule has 1 N–H and O–H groups in total. The highest BCUT2D eigenvalue weighted by Crippen LogP contribution is 2.20. The summed E-state index contributed by atoms with van der Waals surface area (Å²) in [7, 11) is 0. The lowest BCUT2D eigenvalue weighted by Gasteiger charge is -2.04. The predicted octanol–water partition coefficient (Wildman–Crippen LogP) is 4.88. The van der Waals surface area contributed by atoms with Crippen LogP contribution in [0, 0.1) is 5.41 Å². The predicted molar refractivity (Wildman–Crippen MR) is 82.7 cm³/mol. The van der Waals surface area contributed by atoms with Crippen molar-refractivity contribution in [1.82, 2.24) is 0 Å². The molecule has 2 aromatic carbocycles. The van der Waals surface area contributed by atoms with Crippen LogP contribution in [0.1, 0.15) is 18.9 Å². The van der Waals surface area contributed by atoms with E-state index in [4.69, 9.17) is 5.41 Å². The molecule has 0 unspecified atom stereocenters. The number of hydrogen-bond acceptors (Lipinski definition) is 1. The summed E-state index contributed by atoms with van der Waals surface area (Å²) in [4.78, 5) is 0. The van der Waals surface area contributed by atoms with Gasteiger partial charge in [-0.1, -0.05) is 67.6 Å². The van der Waals surface area contributed by atoms with Crippen molar-refractivity contribution < 1.29 is 0 Å². The third-order valence-electron chi connectivity index (χ3n) is 3.23. The molecule has 96 valence electrons. The van der Waals surface area contributed by atoms with Crippen molar-refractivity contribution in [1.29, 1.82) is 5.41 Å². The molecule has 1 nitrogen and oxygen atoms in total. The standard InChI is InChI=1S/C18H19N/c1-2-15(14-19)11-12-16-7-6-10-18(13-16)17-8-4-3-5-9-17/h3-11,13-14,19H,2,12H2,1H3/b15-11-,19-14?. The molecule has 19 heavy (non-hydrogen) atoms. The lowest BCUT2D eigenvalue weighted by Crippen LogP contribution is -1.87. The number of allylic oxidation sites excluding steroid dienone is 2. The van der Waals surface area contributed by atoms with Gasteiger partial charge < -0.3 is 5.41 Å². The van der Waals surface area contributed by atoms with Crippen LogP contribution in [-0.4, -0.2) is 6.21 Å². The Labute approximate surface area is 115 Å². The zero-order valence-electron chi connectivity index (χ0n) is 11.3. The molecule has 0 aliphatic carbocycles. The number of hydrogen-bond donors (Lipinski definition) is 1. The van der Waals surface area contributed by atoms with Gasteiger partial charge in [0.1, 0.15) is 0 Å². The van der Waals surface area contributed by atoms with E-state index in [2.05, 4.69) is 61.5 Å². The molecule has 0 fully saturated rings. The normalized spacial score (nSPS) is 11.3. The molecule has 0 aromatic heterocycles. The van der Waals surface area contributed by atoms with Gasteiger partial charge in [-0.3, -0.25) is 0 Å². The molecule has 1 heteroatoms. The quantitative estimate of drug-likeness (QED) is 0.730. The second-order valence-electron chi connectivity index (χ2n) is 4.55. The Kier molecular flexibility index (Phi) is 4.68. The Hall–Kier alpha value is -2.15. The zero-order chi connectivity index (χ0) is 13.5. The van der Waals surface area contributed by atoms with E-state index < -0.39 is 0 Å². The molecule has 0 saturated heterocycles. The second kappa shape index (κ2) is 6.69. The van der Waals surface area contributed by atoms with E-state index in [9.17, 15) is 0 Å². The summed E-state index contributed by atoms with van der Waals surface area (Å²) in [6.45, 7) is 2.08. The van der Waals surface area contributed by atoms with E-state index in [-0.39, 0.29) is 0 Å². The number of benzene rings is 2. The number of nitrogens with one attached hydrogen (secondary N) is 1. The van der Waals surface area contributed by atoms with Crippen molar-refractivity contribution in [2.75, 3.05) is 0 Å². The highest BCUT2D eigenvalue weighted by molar-refractivity contribution is 5.75. The van der Waals surface area contributed by atoms with Crippen LogP contribution >= 0.6 is 0 Å². The van der Waals surface area contributed by atoms with Gasteiger partial charge in [0.2, 0.25) is 0 Å². The maximum atomic E-state index is 7.31. The van der Waals surface area contributed by atoms with E-state index in [0.717, 1.165) is 18.4 Å². The van der Waals surface area contributed by atoms with Gasteiger partial charge in [0.05, 0.1) is 0 Å². The average Bonchev–Trinajstić information content (AvgIpc) is 2.49. The highest BCUT2D eigenvalue weighted by Gasteiger charge is 1.98. The Balaban J connectivity index is 2.21. The fourth-order valence-corrected chi connectivity index (χ4v) is 2.06. The minimum Gasteiger partial charge on any atom is -0.308 e. The minimum absolute atomic E-state index is 0.888. The van der Waals surface area contributed by atoms with Crippen molar-refractivity contribution in [3.63, 3.8) is 0 Å². The van der Waals surface area contributed by atoms with Crippen molar-refractivity contribution in [3.05, 3.63) is 71.8 Å². The Bertz CT molecular complexity index is 567. The van der Waals surface area contributed by atoms with Gasteiger partial charge >= 0.3 is 0 Å². The van der Waals surface area contributed by atoms with Gasteiger partial charge in [-0.25, -0.2) is 0 Å². The fourth-order valence-electron chi connectivity index (χ4n) is 2.06. The first-order chi connectivity index (χ1) is 9.33. The van der Waals surface area contributed by atoms with Crippen LogP contribution in [0.4, 0.5) is 0 Å². The minimum atomic E-state index is 0.888. The van der Waals surface area contributed by atoms with Gasteiger partial charge in [-0.2, -0.15) is 0 Å². The Morgan fingerprint density at radius 1 is 1.00 bits per heavy atom. The maximum absolute atomic E-state index is 7.31. The van der Waals surface area contributed by atoms with E-state index in [0.29, 0.717) is 0 Å².